The number of piperazine rings is 1. The molecule has 2 fully saturated rings. The summed E-state index contributed by atoms with van der Waals surface area (Å²) in [5.41, 5.74) is 0. The molecule has 5 heteroatoms. The molecule has 0 unspecified atom stereocenters. The van der Waals surface area contributed by atoms with Crippen LogP contribution in [0.4, 0.5) is 0 Å². The smallest absolute Gasteiger partial charge is 0.236 e. The number of allylic oxidation sites excluding steroid dienone is 1. The van der Waals surface area contributed by atoms with E-state index in [1.807, 2.05) is 23.3 Å². The lowest BCUT2D eigenvalue weighted by Crippen LogP contribution is -2.50. The molecule has 0 N–H and O–H groups in total. The van der Waals surface area contributed by atoms with Crippen molar-refractivity contribution < 1.29 is 4.79 Å². The molecule has 0 aromatic heterocycles. The minimum absolute atomic E-state index is 0.290. The fraction of sp³-hybridized carbons (Fsp3) is 0.667. The minimum Gasteiger partial charge on any atom is -0.363 e. The lowest BCUT2D eigenvalue weighted by Gasteiger charge is -2.37. The Morgan fingerprint density at radius 2 is 1.70 bits per heavy atom. The molecule has 0 aromatic rings. The molecule has 20 heavy (non-hydrogen) atoms. The van der Waals surface area contributed by atoms with E-state index >= 15 is 0 Å². The van der Waals surface area contributed by atoms with E-state index in [0.29, 0.717) is 12.5 Å². The quantitative estimate of drug-likeness (QED) is 0.775. The van der Waals surface area contributed by atoms with Crippen LogP contribution in [0.5, 0.6) is 0 Å². The summed E-state index contributed by atoms with van der Waals surface area (Å²) < 4.78 is 0. The van der Waals surface area contributed by atoms with Crippen LogP contribution in [0.3, 0.4) is 0 Å². The zero-order valence-corrected chi connectivity index (χ0v) is 13.2. The summed E-state index contributed by atoms with van der Waals surface area (Å²) in [5, 5.41) is 3.13. The van der Waals surface area contributed by atoms with Crippen LogP contribution in [0.15, 0.2) is 23.1 Å². The Hall–Kier alpha value is -0.940. The number of rotatable bonds is 5. The number of carbonyl (C=O) groups excluding carboxylic acids is 1. The second-order valence-corrected chi connectivity index (χ2v) is 6.31. The fourth-order valence-electron chi connectivity index (χ4n) is 2.66. The summed E-state index contributed by atoms with van der Waals surface area (Å²) in [7, 11) is 0. The Morgan fingerprint density at radius 1 is 1.10 bits per heavy atom. The van der Waals surface area contributed by atoms with Crippen LogP contribution < -0.4 is 0 Å². The van der Waals surface area contributed by atoms with Crippen molar-refractivity contribution in [3.63, 3.8) is 0 Å². The predicted octanol–water partition coefficient (Wildman–Crippen LogP) is 1.96. The van der Waals surface area contributed by atoms with Crippen molar-refractivity contribution in [1.29, 1.82) is 0 Å². The molecule has 112 valence electrons. The molecule has 1 amide bonds. The Morgan fingerprint density at radius 3 is 2.30 bits per heavy atom. The van der Waals surface area contributed by atoms with Crippen molar-refractivity contribution in [3.05, 3.63) is 23.1 Å². The first-order valence-electron chi connectivity index (χ1n) is 7.42. The lowest BCUT2D eigenvalue weighted by molar-refractivity contribution is -0.133. The highest BCUT2D eigenvalue weighted by Gasteiger charge is 2.24. The molecule has 2 rings (SSSR count). The van der Waals surface area contributed by atoms with E-state index < -0.39 is 0 Å². The Bertz CT molecular complexity index is 369. The number of carbonyl (C=O) groups is 1. The molecule has 0 aliphatic carbocycles. The third-order valence-corrected chi connectivity index (χ3v) is 4.82. The fourth-order valence-corrected chi connectivity index (χ4v) is 3.28. The molecule has 2 saturated heterocycles. The Kier molecular flexibility index (Phi) is 5.98. The van der Waals surface area contributed by atoms with Gasteiger partial charge in [-0.2, -0.15) is 0 Å². The van der Waals surface area contributed by atoms with E-state index in [1.165, 1.54) is 12.8 Å². The van der Waals surface area contributed by atoms with Crippen molar-refractivity contribution in [2.45, 2.75) is 19.8 Å². The van der Waals surface area contributed by atoms with Crippen molar-refractivity contribution in [2.75, 3.05) is 45.8 Å². The van der Waals surface area contributed by atoms with Crippen LogP contribution in [0.25, 0.3) is 0 Å². The van der Waals surface area contributed by atoms with E-state index in [-0.39, 0.29) is 0 Å². The van der Waals surface area contributed by atoms with Gasteiger partial charge in [0.05, 0.1) is 11.6 Å². The minimum atomic E-state index is 0.290. The SMILES string of the molecule is C=C(S/C=C\C)N1CCN(C(=O)CN2CCCC2)CC1. The number of nitrogens with zero attached hydrogens (tertiary/aromatic N) is 3. The van der Waals surface area contributed by atoms with Gasteiger partial charge in [0, 0.05) is 26.2 Å². The van der Waals surface area contributed by atoms with Crippen molar-refractivity contribution in [3.8, 4) is 0 Å². The maximum Gasteiger partial charge on any atom is 0.236 e. The molecular weight excluding hydrogens is 270 g/mol. The zero-order chi connectivity index (χ0) is 14.4. The highest BCUT2D eigenvalue weighted by Crippen LogP contribution is 2.21. The van der Waals surface area contributed by atoms with Crippen LogP contribution in [0, 0.1) is 0 Å². The average Bonchev–Trinajstić information content (AvgIpc) is 2.97. The molecule has 0 bridgehead atoms. The Balaban J connectivity index is 1.72. The van der Waals surface area contributed by atoms with E-state index in [2.05, 4.69) is 16.4 Å². The first kappa shape index (κ1) is 15.4. The summed E-state index contributed by atoms with van der Waals surface area (Å²) in [6.45, 7) is 12.3. The van der Waals surface area contributed by atoms with Gasteiger partial charge in [0.1, 0.15) is 0 Å². The molecule has 2 aliphatic heterocycles. The number of likely N-dealkylation sites (tertiary alicyclic amines) is 1. The summed E-state index contributed by atoms with van der Waals surface area (Å²) in [5.74, 6) is 0.290. The molecule has 0 atom stereocenters. The number of amides is 1. The van der Waals surface area contributed by atoms with Gasteiger partial charge in [-0.15, -0.1) is 0 Å². The summed E-state index contributed by atoms with van der Waals surface area (Å²) in [6, 6.07) is 0. The largest absolute Gasteiger partial charge is 0.363 e. The van der Waals surface area contributed by atoms with Crippen LogP contribution in [0.1, 0.15) is 19.8 Å². The van der Waals surface area contributed by atoms with Gasteiger partial charge in [0.15, 0.2) is 0 Å². The summed E-state index contributed by atoms with van der Waals surface area (Å²) in [6.07, 6.45) is 4.50. The molecule has 0 spiro atoms. The van der Waals surface area contributed by atoms with E-state index in [4.69, 9.17) is 0 Å². The zero-order valence-electron chi connectivity index (χ0n) is 12.4. The van der Waals surface area contributed by atoms with Crippen LogP contribution in [-0.4, -0.2) is 66.4 Å². The van der Waals surface area contributed by atoms with Gasteiger partial charge >= 0.3 is 0 Å². The van der Waals surface area contributed by atoms with Crippen molar-refractivity contribution >= 4 is 17.7 Å². The highest BCUT2D eigenvalue weighted by molar-refractivity contribution is 8.05. The van der Waals surface area contributed by atoms with Crippen LogP contribution in [0.2, 0.25) is 0 Å². The van der Waals surface area contributed by atoms with Crippen molar-refractivity contribution in [2.24, 2.45) is 0 Å². The lowest BCUT2D eigenvalue weighted by atomic mass is 10.3. The predicted molar refractivity (Wildman–Crippen MR) is 85.4 cm³/mol. The maximum absolute atomic E-state index is 12.2. The second kappa shape index (κ2) is 7.74. The van der Waals surface area contributed by atoms with Crippen molar-refractivity contribution in [1.82, 2.24) is 14.7 Å². The van der Waals surface area contributed by atoms with Gasteiger partial charge in [0.25, 0.3) is 0 Å². The van der Waals surface area contributed by atoms with Gasteiger partial charge in [-0.3, -0.25) is 9.69 Å². The first-order valence-corrected chi connectivity index (χ1v) is 8.30. The molecular formula is C15H25N3OS. The van der Waals surface area contributed by atoms with Gasteiger partial charge in [0.2, 0.25) is 5.91 Å². The molecule has 2 aliphatic rings. The Labute approximate surface area is 126 Å². The normalized spacial score (nSPS) is 20.9. The van der Waals surface area contributed by atoms with Crippen LogP contribution >= 0.6 is 11.8 Å². The topological polar surface area (TPSA) is 26.8 Å². The number of hydrogen-bond acceptors (Lipinski definition) is 4. The average molecular weight is 295 g/mol. The summed E-state index contributed by atoms with van der Waals surface area (Å²) in [4.78, 5) is 18.8. The van der Waals surface area contributed by atoms with E-state index in [0.717, 1.165) is 44.3 Å². The first-order chi connectivity index (χ1) is 9.70. The van der Waals surface area contributed by atoms with E-state index in [1.54, 1.807) is 11.8 Å². The second-order valence-electron chi connectivity index (χ2n) is 5.33. The monoisotopic (exact) mass is 295 g/mol. The highest BCUT2D eigenvalue weighted by atomic mass is 32.2. The molecule has 0 saturated carbocycles. The molecule has 0 aromatic carbocycles. The molecule has 0 radical (unpaired) electrons. The van der Waals surface area contributed by atoms with Gasteiger partial charge in [-0.1, -0.05) is 24.4 Å². The molecule has 4 nitrogen and oxygen atoms in total. The number of thioether (sulfide) groups is 1. The van der Waals surface area contributed by atoms with E-state index in [9.17, 15) is 4.79 Å². The third-order valence-electron chi connectivity index (χ3n) is 3.88. The van der Waals surface area contributed by atoms with Crippen LogP contribution in [-0.2, 0) is 4.79 Å². The molecule has 2 heterocycles. The van der Waals surface area contributed by atoms with Gasteiger partial charge < -0.3 is 9.80 Å². The van der Waals surface area contributed by atoms with Gasteiger partial charge in [-0.25, -0.2) is 0 Å². The standard InChI is InChI=1S/C15H25N3OS/c1-3-12-20-14(2)17-8-10-18(11-9-17)15(19)13-16-6-4-5-7-16/h3,12H,2,4-11,13H2,1H3/b12-3-. The summed E-state index contributed by atoms with van der Waals surface area (Å²) >= 11 is 1.66. The van der Waals surface area contributed by atoms with Gasteiger partial charge in [-0.05, 0) is 38.3 Å². The maximum atomic E-state index is 12.2. The number of hydrogen-bond donors (Lipinski definition) is 0. The third kappa shape index (κ3) is 4.28.